The van der Waals surface area contributed by atoms with Gasteiger partial charge in [-0.2, -0.15) is 0 Å². The van der Waals surface area contributed by atoms with Crippen LogP contribution in [-0.4, -0.2) is 45.9 Å². The maximum Gasteiger partial charge on any atom is 0.269 e. The molecular formula is C17H20N4O2. The molecule has 0 unspecified atom stereocenters. The largest absolute Gasteiger partial charge is 0.297 e. The van der Waals surface area contributed by atoms with Crippen LogP contribution in [0.1, 0.15) is 11.1 Å². The Morgan fingerprint density at radius 3 is 2.26 bits per heavy atom. The molecule has 1 aromatic heterocycles. The molecule has 1 fully saturated rings. The summed E-state index contributed by atoms with van der Waals surface area (Å²) in [5, 5.41) is 10.8. The monoisotopic (exact) mass is 312 g/mol. The molecule has 1 saturated heterocycles. The van der Waals surface area contributed by atoms with E-state index in [9.17, 15) is 10.1 Å². The van der Waals surface area contributed by atoms with Crippen molar-refractivity contribution in [3.8, 4) is 0 Å². The number of hydrogen-bond donors (Lipinski definition) is 0. The van der Waals surface area contributed by atoms with Crippen LogP contribution in [0, 0.1) is 10.1 Å². The third kappa shape index (κ3) is 4.34. The summed E-state index contributed by atoms with van der Waals surface area (Å²) in [5.41, 5.74) is 2.40. The molecule has 0 amide bonds. The van der Waals surface area contributed by atoms with Crippen LogP contribution >= 0.6 is 0 Å². The molecular weight excluding hydrogens is 292 g/mol. The lowest BCUT2D eigenvalue weighted by molar-refractivity contribution is -0.384. The van der Waals surface area contributed by atoms with Crippen molar-refractivity contribution >= 4 is 5.69 Å². The molecule has 0 spiro atoms. The molecule has 0 N–H and O–H groups in total. The molecule has 2 aromatic rings. The number of aromatic nitrogens is 1. The van der Waals surface area contributed by atoms with E-state index in [2.05, 4.69) is 20.9 Å². The molecule has 1 aliphatic rings. The molecule has 6 heteroatoms. The number of pyridine rings is 1. The number of non-ortho nitro benzene ring substituents is 1. The summed E-state index contributed by atoms with van der Waals surface area (Å²) in [7, 11) is 0. The lowest BCUT2D eigenvalue weighted by Gasteiger charge is -2.34. The Balaban J connectivity index is 1.51. The van der Waals surface area contributed by atoms with Gasteiger partial charge in [-0.05, 0) is 17.2 Å². The number of benzene rings is 1. The summed E-state index contributed by atoms with van der Waals surface area (Å²) in [4.78, 5) is 19.4. The first-order valence-electron chi connectivity index (χ1n) is 7.78. The van der Waals surface area contributed by atoms with Crippen LogP contribution < -0.4 is 0 Å². The van der Waals surface area contributed by atoms with Gasteiger partial charge in [0.15, 0.2) is 0 Å². The molecule has 2 heterocycles. The van der Waals surface area contributed by atoms with Crippen molar-refractivity contribution in [2.45, 2.75) is 13.1 Å². The maximum atomic E-state index is 10.8. The van der Waals surface area contributed by atoms with Gasteiger partial charge >= 0.3 is 0 Å². The number of nitrogens with zero attached hydrogens (tertiary/aromatic N) is 4. The average Bonchev–Trinajstić information content (AvgIpc) is 2.58. The quantitative estimate of drug-likeness (QED) is 0.626. The van der Waals surface area contributed by atoms with Gasteiger partial charge in [-0.3, -0.25) is 24.9 Å². The topological polar surface area (TPSA) is 62.5 Å². The highest BCUT2D eigenvalue weighted by Crippen LogP contribution is 2.16. The lowest BCUT2D eigenvalue weighted by Crippen LogP contribution is -2.45. The van der Waals surface area contributed by atoms with Crippen LogP contribution in [0.4, 0.5) is 5.69 Å². The minimum absolute atomic E-state index is 0.165. The van der Waals surface area contributed by atoms with Crippen molar-refractivity contribution in [2.24, 2.45) is 0 Å². The van der Waals surface area contributed by atoms with E-state index in [1.807, 2.05) is 18.3 Å². The summed E-state index contributed by atoms with van der Waals surface area (Å²) in [6.07, 6.45) is 3.70. The van der Waals surface area contributed by atoms with Crippen LogP contribution in [0.25, 0.3) is 0 Å². The SMILES string of the molecule is O=[N+]([O-])c1cccc(CN2CCN(Cc3cccnc3)CC2)c1. The summed E-state index contributed by atoms with van der Waals surface area (Å²) in [5.74, 6) is 0. The zero-order chi connectivity index (χ0) is 16.1. The third-order valence-corrected chi connectivity index (χ3v) is 4.12. The molecule has 120 valence electrons. The van der Waals surface area contributed by atoms with E-state index in [1.54, 1.807) is 18.3 Å². The Labute approximate surface area is 135 Å². The summed E-state index contributed by atoms with van der Waals surface area (Å²) in [6.45, 7) is 5.65. The number of nitro groups is 1. The summed E-state index contributed by atoms with van der Waals surface area (Å²) in [6, 6.07) is 11.0. The minimum atomic E-state index is -0.338. The fourth-order valence-corrected chi connectivity index (χ4v) is 2.88. The van der Waals surface area contributed by atoms with Crippen molar-refractivity contribution in [2.75, 3.05) is 26.2 Å². The van der Waals surface area contributed by atoms with Crippen LogP contribution in [-0.2, 0) is 13.1 Å². The van der Waals surface area contributed by atoms with Crippen molar-refractivity contribution in [3.05, 3.63) is 70.0 Å². The third-order valence-electron chi connectivity index (χ3n) is 4.12. The van der Waals surface area contributed by atoms with Gasteiger partial charge in [-0.15, -0.1) is 0 Å². The number of nitro benzene ring substituents is 1. The smallest absolute Gasteiger partial charge is 0.269 e. The normalized spacial score (nSPS) is 16.3. The molecule has 3 rings (SSSR count). The van der Waals surface area contributed by atoms with Gasteiger partial charge in [0, 0.05) is 63.8 Å². The summed E-state index contributed by atoms with van der Waals surface area (Å²) >= 11 is 0. The van der Waals surface area contributed by atoms with Gasteiger partial charge in [0.25, 0.3) is 5.69 Å². The number of piperazine rings is 1. The van der Waals surface area contributed by atoms with Crippen LogP contribution in [0.2, 0.25) is 0 Å². The zero-order valence-electron chi connectivity index (χ0n) is 13.0. The van der Waals surface area contributed by atoms with E-state index >= 15 is 0 Å². The molecule has 0 radical (unpaired) electrons. The first kappa shape index (κ1) is 15.6. The lowest BCUT2D eigenvalue weighted by atomic mass is 10.1. The van der Waals surface area contributed by atoms with E-state index < -0.39 is 0 Å². The molecule has 0 saturated carbocycles. The molecule has 0 aliphatic carbocycles. The van der Waals surface area contributed by atoms with Crippen LogP contribution in [0.3, 0.4) is 0 Å². The molecule has 23 heavy (non-hydrogen) atoms. The van der Waals surface area contributed by atoms with Gasteiger partial charge in [-0.25, -0.2) is 0 Å². The first-order valence-corrected chi connectivity index (χ1v) is 7.78. The molecule has 1 aromatic carbocycles. The van der Waals surface area contributed by atoms with E-state index in [4.69, 9.17) is 0 Å². The van der Waals surface area contributed by atoms with Crippen LogP contribution in [0.5, 0.6) is 0 Å². The molecule has 1 aliphatic heterocycles. The van der Waals surface area contributed by atoms with Gasteiger partial charge in [0.2, 0.25) is 0 Å². The first-order chi connectivity index (χ1) is 11.2. The van der Waals surface area contributed by atoms with E-state index in [0.29, 0.717) is 0 Å². The van der Waals surface area contributed by atoms with Crippen molar-refractivity contribution in [1.29, 1.82) is 0 Å². The highest BCUT2D eigenvalue weighted by Gasteiger charge is 2.17. The summed E-state index contributed by atoms with van der Waals surface area (Å²) < 4.78 is 0. The maximum absolute atomic E-state index is 10.8. The minimum Gasteiger partial charge on any atom is -0.297 e. The Kier molecular flexibility index (Phi) is 4.95. The Morgan fingerprint density at radius 2 is 1.65 bits per heavy atom. The van der Waals surface area contributed by atoms with Crippen molar-refractivity contribution in [1.82, 2.24) is 14.8 Å². The van der Waals surface area contributed by atoms with Gasteiger partial charge in [-0.1, -0.05) is 18.2 Å². The standard InChI is InChI=1S/C17H20N4O2/c22-21(23)17-5-1-3-15(11-17)13-19-7-9-20(10-8-19)14-16-4-2-6-18-12-16/h1-6,11-12H,7-10,13-14H2. The Bertz CT molecular complexity index is 655. The average molecular weight is 312 g/mol. The second-order valence-corrected chi connectivity index (χ2v) is 5.84. The number of hydrogen-bond acceptors (Lipinski definition) is 5. The van der Waals surface area contributed by atoms with Gasteiger partial charge in [0.1, 0.15) is 0 Å². The Hall–Kier alpha value is -2.31. The Morgan fingerprint density at radius 1 is 1.00 bits per heavy atom. The fraction of sp³-hybridized carbons (Fsp3) is 0.353. The fourth-order valence-electron chi connectivity index (χ4n) is 2.88. The zero-order valence-corrected chi connectivity index (χ0v) is 13.0. The van der Waals surface area contributed by atoms with E-state index in [-0.39, 0.29) is 10.6 Å². The van der Waals surface area contributed by atoms with Gasteiger partial charge < -0.3 is 0 Å². The van der Waals surface area contributed by atoms with Crippen LogP contribution in [0.15, 0.2) is 48.8 Å². The highest BCUT2D eigenvalue weighted by molar-refractivity contribution is 5.34. The van der Waals surface area contributed by atoms with Crippen molar-refractivity contribution in [3.63, 3.8) is 0 Å². The van der Waals surface area contributed by atoms with Crippen molar-refractivity contribution < 1.29 is 4.92 Å². The predicted octanol–water partition coefficient (Wildman–Crippen LogP) is 2.31. The molecule has 0 atom stereocenters. The van der Waals surface area contributed by atoms with Gasteiger partial charge in [0.05, 0.1) is 4.92 Å². The van der Waals surface area contributed by atoms with E-state index in [0.717, 1.165) is 44.8 Å². The predicted molar refractivity (Wildman–Crippen MR) is 87.9 cm³/mol. The second kappa shape index (κ2) is 7.30. The second-order valence-electron chi connectivity index (χ2n) is 5.84. The molecule has 0 bridgehead atoms. The molecule has 6 nitrogen and oxygen atoms in total. The number of rotatable bonds is 5. The highest BCUT2D eigenvalue weighted by atomic mass is 16.6. The van der Waals surface area contributed by atoms with E-state index in [1.165, 1.54) is 11.6 Å².